The quantitative estimate of drug-likeness (QED) is 0.204. The molecule has 3 aromatic heterocycles. The molecule has 0 bridgehead atoms. The summed E-state index contributed by atoms with van der Waals surface area (Å²) in [5.41, 5.74) is 16.2. The molecule has 5 rings (SSSR count). The monoisotopic (exact) mass is 562 g/mol. The normalized spacial score (nSPS) is 12.5. The lowest BCUT2D eigenvalue weighted by molar-refractivity contribution is 0.559. The number of benzene rings is 2. The number of nitrogens with zero attached hydrogens (tertiary/aromatic N) is 10. The van der Waals surface area contributed by atoms with Crippen molar-refractivity contribution in [2.75, 3.05) is 11.5 Å². The molecule has 42 heavy (non-hydrogen) atoms. The van der Waals surface area contributed by atoms with Crippen molar-refractivity contribution in [3.05, 3.63) is 84.4 Å². The second-order valence-electron chi connectivity index (χ2n) is 11.8. The number of rotatable bonds is 6. The van der Waals surface area contributed by atoms with Gasteiger partial charge in [-0.2, -0.15) is 29.8 Å². The summed E-state index contributed by atoms with van der Waals surface area (Å²) in [6.45, 7) is 12.2. The first-order chi connectivity index (χ1) is 19.9. The van der Waals surface area contributed by atoms with Gasteiger partial charge in [0.1, 0.15) is 6.33 Å². The molecule has 0 atom stereocenters. The van der Waals surface area contributed by atoms with Gasteiger partial charge in [0.05, 0.1) is 22.8 Å². The van der Waals surface area contributed by atoms with Gasteiger partial charge < -0.3 is 11.5 Å². The minimum atomic E-state index is -0.368. The highest BCUT2D eigenvalue weighted by molar-refractivity contribution is 5.67. The molecular weight excluding hydrogens is 528 g/mol. The van der Waals surface area contributed by atoms with Gasteiger partial charge in [0, 0.05) is 16.9 Å². The molecule has 0 aliphatic heterocycles. The molecule has 0 aliphatic carbocycles. The van der Waals surface area contributed by atoms with Crippen molar-refractivity contribution in [2.45, 2.75) is 52.4 Å². The van der Waals surface area contributed by atoms with Gasteiger partial charge in [-0.3, -0.25) is 0 Å². The average Bonchev–Trinajstić information content (AvgIpc) is 3.48. The maximum atomic E-state index is 6.61. The van der Waals surface area contributed by atoms with Gasteiger partial charge in [0.2, 0.25) is 0 Å². The highest BCUT2D eigenvalue weighted by Gasteiger charge is 2.29. The van der Waals surface area contributed by atoms with Gasteiger partial charge >= 0.3 is 0 Å². The van der Waals surface area contributed by atoms with Crippen LogP contribution < -0.4 is 11.5 Å². The fourth-order valence-corrected chi connectivity index (χ4v) is 4.18. The molecule has 0 unspecified atom stereocenters. The Kier molecular flexibility index (Phi) is 7.38. The van der Waals surface area contributed by atoms with E-state index in [1.807, 2.05) is 102 Å². The number of nitrogens with two attached hydrogens (primary N) is 2. The molecule has 3 heterocycles. The lowest BCUT2D eigenvalue weighted by Gasteiger charge is -2.15. The number of hydrogen-bond donors (Lipinski definition) is 2. The molecule has 2 aromatic carbocycles. The first-order valence-electron chi connectivity index (χ1n) is 13.5. The van der Waals surface area contributed by atoms with Crippen LogP contribution in [0.1, 0.15) is 52.9 Å². The maximum Gasteiger partial charge on any atom is 0.161 e. The van der Waals surface area contributed by atoms with Gasteiger partial charge in [0.15, 0.2) is 34.6 Å². The molecule has 0 saturated heterocycles. The molecule has 0 saturated carbocycles. The molecule has 0 amide bonds. The third-order valence-corrected chi connectivity index (χ3v) is 6.33. The minimum absolute atomic E-state index is 0.297. The first kappa shape index (κ1) is 28.3. The Morgan fingerprint density at radius 3 is 1.31 bits per heavy atom. The molecule has 5 aromatic rings. The van der Waals surface area contributed by atoms with Crippen LogP contribution in [0.15, 0.2) is 93.5 Å². The Bertz CT molecular complexity index is 1630. The van der Waals surface area contributed by atoms with E-state index in [-0.39, 0.29) is 10.8 Å². The molecule has 0 fully saturated rings. The number of anilines is 2. The van der Waals surface area contributed by atoms with Crippen LogP contribution in [0.25, 0.3) is 11.6 Å². The molecule has 0 spiro atoms. The fraction of sp³-hybridized carbons (Fsp3) is 0.267. The minimum Gasteiger partial charge on any atom is -0.382 e. The smallest absolute Gasteiger partial charge is 0.161 e. The van der Waals surface area contributed by atoms with Crippen molar-refractivity contribution in [1.29, 1.82) is 0 Å². The Hall–Kier alpha value is -5.26. The van der Waals surface area contributed by atoms with Crippen LogP contribution in [-0.2, 0) is 10.8 Å². The summed E-state index contributed by atoms with van der Waals surface area (Å²) < 4.78 is 3.07. The van der Waals surface area contributed by atoms with E-state index < -0.39 is 0 Å². The van der Waals surface area contributed by atoms with Crippen LogP contribution in [0.4, 0.5) is 34.4 Å². The van der Waals surface area contributed by atoms with E-state index in [1.54, 1.807) is 6.07 Å². The number of hydrogen-bond acceptors (Lipinski definition) is 10. The second-order valence-corrected chi connectivity index (χ2v) is 11.8. The maximum absolute atomic E-state index is 6.61. The highest BCUT2D eigenvalue weighted by atomic mass is 15.4. The Morgan fingerprint density at radius 2 is 0.952 bits per heavy atom. The van der Waals surface area contributed by atoms with Crippen molar-refractivity contribution >= 4 is 34.4 Å². The van der Waals surface area contributed by atoms with Crippen LogP contribution in [-0.4, -0.2) is 29.5 Å². The van der Waals surface area contributed by atoms with E-state index in [9.17, 15) is 0 Å². The van der Waals surface area contributed by atoms with Crippen molar-refractivity contribution < 1.29 is 0 Å². The van der Waals surface area contributed by atoms with E-state index in [0.29, 0.717) is 57.4 Å². The molecule has 12 nitrogen and oxygen atoms in total. The Morgan fingerprint density at radius 1 is 0.571 bits per heavy atom. The van der Waals surface area contributed by atoms with Crippen LogP contribution >= 0.6 is 0 Å². The van der Waals surface area contributed by atoms with Crippen LogP contribution in [0.5, 0.6) is 0 Å². The predicted octanol–water partition coefficient (Wildman–Crippen LogP) is 7.44. The van der Waals surface area contributed by atoms with Crippen molar-refractivity contribution in [3.8, 4) is 11.6 Å². The molecule has 12 heteroatoms. The average molecular weight is 563 g/mol. The Balaban J connectivity index is 1.59. The van der Waals surface area contributed by atoms with E-state index in [2.05, 4.69) is 30.4 Å². The highest BCUT2D eigenvalue weighted by Crippen LogP contribution is 2.39. The van der Waals surface area contributed by atoms with E-state index in [1.165, 1.54) is 15.7 Å². The largest absolute Gasteiger partial charge is 0.382 e. The van der Waals surface area contributed by atoms with Gasteiger partial charge in [-0.05, 0) is 24.3 Å². The topological polar surface area (TPSA) is 163 Å². The third-order valence-electron chi connectivity index (χ3n) is 6.33. The number of nitrogen functional groups attached to an aromatic ring is 2. The SMILES string of the molecule is CC(C)(C)c1nn(-c2cc(-n3nc(C(C)(C)C)c(N=Nc4ccccc4)c3N)ncn2)c(N)c1N=Nc1ccccc1. The van der Waals surface area contributed by atoms with Gasteiger partial charge in [-0.1, -0.05) is 77.9 Å². The summed E-state index contributed by atoms with van der Waals surface area (Å²) in [6.07, 6.45) is 1.41. The molecule has 214 valence electrons. The van der Waals surface area contributed by atoms with Crippen LogP contribution in [0.3, 0.4) is 0 Å². The summed E-state index contributed by atoms with van der Waals surface area (Å²) >= 11 is 0. The van der Waals surface area contributed by atoms with Crippen molar-refractivity contribution in [1.82, 2.24) is 29.5 Å². The molecule has 4 N–H and O–H groups in total. The van der Waals surface area contributed by atoms with Gasteiger partial charge in [0.25, 0.3) is 0 Å². The molecule has 0 radical (unpaired) electrons. The lowest BCUT2D eigenvalue weighted by atomic mass is 9.91. The van der Waals surface area contributed by atoms with Crippen molar-refractivity contribution in [2.24, 2.45) is 20.5 Å². The van der Waals surface area contributed by atoms with Crippen LogP contribution in [0, 0.1) is 0 Å². The lowest BCUT2D eigenvalue weighted by Crippen LogP contribution is -2.14. The van der Waals surface area contributed by atoms with E-state index in [4.69, 9.17) is 21.7 Å². The predicted molar refractivity (Wildman–Crippen MR) is 164 cm³/mol. The third kappa shape index (κ3) is 5.78. The number of azo groups is 2. The van der Waals surface area contributed by atoms with E-state index in [0.717, 1.165) is 0 Å². The standard InChI is InChI=1S/C30H34N12/c1-29(2,3)25-23(37-35-19-13-9-7-10-14-19)27(31)41(39-25)21-17-22(34-18-33-21)42-28(32)24(26(40-42)30(4,5)6)38-36-20-15-11-8-12-16-20/h7-18H,31-32H2,1-6H3. The summed E-state index contributed by atoms with van der Waals surface area (Å²) in [4.78, 5) is 8.90. The van der Waals surface area contributed by atoms with Gasteiger partial charge in [-0.25, -0.2) is 9.97 Å². The molecular formula is C30H34N12. The summed E-state index contributed by atoms with van der Waals surface area (Å²) in [7, 11) is 0. The fourth-order valence-electron chi connectivity index (χ4n) is 4.18. The summed E-state index contributed by atoms with van der Waals surface area (Å²) in [5, 5.41) is 27.3. The van der Waals surface area contributed by atoms with Crippen molar-refractivity contribution in [3.63, 3.8) is 0 Å². The summed E-state index contributed by atoms with van der Waals surface area (Å²) in [6, 6.07) is 20.6. The number of aromatic nitrogens is 6. The zero-order valence-corrected chi connectivity index (χ0v) is 24.6. The molecule has 0 aliphatic rings. The zero-order valence-electron chi connectivity index (χ0n) is 24.6. The first-order valence-corrected chi connectivity index (χ1v) is 13.5. The van der Waals surface area contributed by atoms with Crippen LogP contribution in [0.2, 0.25) is 0 Å². The Labute approximate surface area is 244 Å². The van der Waals surface area contributed by atoms with E-state index >= 15 is 0 Å². The van der Waals surface area contributed by atoms with Gasteiger partial charge in [-0.15, -0.1) is 10.2 Å². The zero-order chi connectivity index (χ0) is 30.1. The second kappa shape index (κ2) is 11.0. The summed E-state index contributed by atoms with van der Waals surface area (Å²) in [5.74, 6) is 1.43.